The molecule has 1 atom stereocenters. The fourth-order valence-electron chi connectivity index (χ4n) is 2.08. The van der Waals surface area contributed by atoms with Crippen molar-refractivity contribution in [2.75, 3.05) is 6.54 Å². The smallest absolute Gasteiger partial charge is 0.127 e. The van der Waals surface area contributed by atoms with Gasteiger partial charge in [0.25, 0.3) is 0 Å². The summed E-state index contributed by atoms with van der Waals surface area (Å²) in [4.78, 5) is 0. The summed E-state index contributed by atoms with van der Waals surface area (Å²) in [6.45, 7) is 4.88. The van der Waals surface area contributed by atoms with Crippen LogP contribution in [0, 0.1) is 19.7 Å². The van der Waals surface area contributed by atoms with Gasteiger partial charge in [-0.15, -0.1) is 0 Å². The molecular formula is C17H20FNO. The molecule has 0 saturated heterocycles. The molecule has 1 unspecified atom stereocenters. The monoisotopic (exact) mass is 273 g/mol. The van der Waals surface area contributed by atoms with Crippen LogP contribution in [0.2, 0.25) is 0 Å². The SMILES string of the molecule is Cc1ccc(C(O)CNCc2ccccc2F)cc1C. The second-order valence-corrected chi connectivity index (χ2v) is 5.08. The first kappa shape index (κ1) is 14.7. The molecule has 2 nitrogen and oxygen atoms in total. The zero-order valence-corrected chi connectivity index (χ0v) is 11.9. The van der Waals surface area contributed by atoms with Gasteiger partial charge >= 0.3 is 0 Å². The molecule has 2 aromatic rings. The van der Waals surface area contributed by atoms with Crippen LogP contribution in [-0.2, 0) is 6.54 Å². The van der Waals surface area contributed by atoms with Crippen LogP contribution in [0.15, 0.2) is 42.5 Å². The normalized spacial score (nSPS) is 12.4. The van der Waals surface area contributed by atoms with E-state index in [4.69, 9.17) is 0 Å². The highest BCUT2D eigenvalue weighted by molar-refractivity contribution is 5.31. The summed E-state index contributed by atoms with van der Waals surface area (Å²) in [7, 11) is 0. The lowest BCUT2D eigenvalue weighted by atomic mass is 10.0. The second-order valence-electron chi connectivity index (χ2n) is 5.08. The molecule has 106 valence electrons. The van der Waals surface area contributed by atoms with Crippen LogP contribution < -0.4 is 5.32 Å². The molecule has 0 amide bonds. The van der Waals surface area contributed by atoms with Crippen LogP contribution in [0.5, 0.6) is 0 Å². The fourth-order valence-corrected chi connectivity index (χ4v) is 2.08. The maximum Gasteiger partial charge on any atom is 0.127 e. The Kier molecular flexibility index (Phi) is 4.88. The van der Waals surface area contributed by atoms with Crippen LogP contribution in [0.25, 0.3) is 0 Å². The number of benzene rings is 2. The topological polar surface area (TPSA) is 32.3 Å². The molecular weight excluding hydrogens is 253 g/mol. The lowest BCUT2D eigenvalue weighted by molar-refractivity contribution is 0.174. The van der Waals surface area contributed by atoms with Crippen molar-refractivity contribution >= 4 is 0 Å². The molecule has 0 heterocycles. The number of hydrogen-bond acceptors (Lipinski definition) is 2. The third-order valence-corrected chi connectivity index (χ3v) is 3.53. The molecule has 0 aliphatic heterocycles. The Hall–Kier alpha value is -1.71. The third-order valence-electron chi connectivity index (χ3n) is 3.53. The van der Waals surface area contributed by atoms with Crippen molar-refractivity contribution in [1.29, 1.82) is 0 Å². The Morgan fingerprint density at radius 1 is 1.10 bits per heavy atom. The lowest BCUT2D eigenvalue weighted by Crippen LogP contribution is -2.21. The van der Waals surface area contributed by atoms with Gasteiger partial charge in [0.05, 0.1) is 6.10 Å². The zero-order valence-electron chi connectivity index (χ0n) is 11.9. The van der Waals surface area contributed by atoms with Gasteiger partial charge in [-0.25, -0.2) is 4.39 Å². The average Bonchev–Trinajstić information content (AvgIpc) is 2.44. The maximum atomic E-state index is 13.4. The number of aliphatic hydroxyl groups is 1. The molecule has 0 aliphatic carbocycles. The van der Waals surface area contributed by atoms with Gasteiger partial charge in [0.15, 0.2) is 0 Å². The van der Waals surface area contributed by atoms with Gasteiger partial charge in [-0.05, 0) is 36.6 Å². The van der Waals surface area contributed by atoms with Crippen molar-refractivity contribution in [3.05, 3.63) is 70.5 Å². The predicted molar refractivity (Wildman–Crippen MR) is 79.0 cm³/mol. The van der Waals surface area contributed by atoms with Crippen molar-refractivity contribution in [1.82, 2.24) is 5.32 Å². The Balaban J connectivity index is 1.90. The zero-order chi connectivity index (χ0) is 14.5. The number of rotatable bonds is 5. The average molecular weight is 273 g/mol. The van der Waals surface area contributed by atoms with Crippen molar-refractivity contribution in [3.8, 4) is 0 Å². The molecule has 2 aromatic carbocycles. The minimum atomic E-state index is -0.582. The molecule has 3 heteroatoms. The van der Waals surface area contributed by atoms with E-state index in [0.717, 1.165) is 11.1 Å². The summed E-state index contributed by atoms with van der Waals surface area (Å²) in [6.07, 6.45) is -0.582. The molecule has 2 rings (SSSR count). The Bertz CT molecular complexity index is 583. The maximum absolute atomic E-state index is 13.4. The molecule has 2 N–H and O–H groups in total. The molecule has 0 spiro atoms. The minimum Gasteiger partial charge on any atom is -0.387 e. The van der Waals surface area contributed by atoms with Crippen molar-refractivity contribution < 1.29 is 9.50 Å². The van der Waals surface area contributed by atoms with Gasteiger partial charge in [-0.1, -0.05) is 36.4 Å². The molecule has 0 aliphatic rings. The van der Waals surface area contributed by atoms with Crippen LogP contribution in [0.4, 0.5) is 4.39 Å². The largest absolute Gasteiger partial charge is 0.387 e. The standard InChI is InChI=1S/C17H20FNO/c1-12-7-8-14(9-13(12)2)17(20)11-19-10-15-5-3-4-6-16(15)18/h3-9,17,19-20H,10-11H2,1-2H3. The Morgan fingerprint density at radius 2 is 1.85 bits per heavy atom. The van der Waals surface area contributed by atoms with E-state index < -0.39 is 6.10 Å². The van der Waals surface area contributed by atoms with Gasteiger partial charge in [-0.2, -0.15) is 0 Å². The first-order chi connectivity index (χ1) is 9.58. The summed E-state index contributed by atoms with van der Waals surface area (Å²) < 4.78 is 13.4. The summed E-state index contributed by atoms with van der Waals surface area (Å²) in [5.74, 6) is -0.222. The first-order valence-corrected chi connectivity index (χ1v) is 6.77. The van der Waals surface area contributed by atoms with E-state index in [2.05, 4.69) is 5.32 Å². The van der Waals surface area contributed by atoms with Gasteiger partial charge < -0.3 is 10.4 Å². The number of halogens is 1. The fraction of sp³-hybridized carbons (Fsp3) is 0.294. The van der Waals surface area contributed by atoms with E-state index in [1.54, 1.807) is 18.2 Å². The Labute approximate surface area is 119 Å². The molecule has 0 radical (unpaired) electrons. The van der Waals surface area contributed by atoms with Crippen molar-refractivity contribution in [3.63, 3.8) is 0 Å². The summed E-state index contributed by atoms with van der Waals surface area (Å²) >= 11 is 0. The first-order valence-electron chi connectivity index (χ1n) is 6.77. The van der Waals surface area contributed by atoms with Gasteiger partial charge in [-0.3, -0.25) is 0 Å². The predicted octanol–water partition coefficient (Wildman–Crippen LogP) is 3.27. The van der Waals surface area contributed by atoms with Crippen LogP contribution in [-0.4, -0.2) is 11.7 Å². The lowest BCUT2D eigenvalue weighted by Gasteiger charge is -2.14. The van der Waals surface area contributed by atoms with E-state index in [1.165, 1.54) is 11.6 Å². The second kappa shape index (κ2) is 6.64. The van der Waals surface area contributed by atoms with E-state index in [1.807, 2.05) is 32.0 Å². The van der Waals surface area contributed by atoms with Crippen LogP contribution in [0.1, 0.15) is 28.4 Å². The summed E-state index contributed by atoms with van der Waals surface area (Å²) in [5, 5.41) is 13.2. The summed E-state index contributed by atoms with van der Waals surface area (Å²) in [5.41, 5.74) is 3.87. The highest BCUT2D eigenvalue weighted by atomic mass is 19.1. The van der Waals surface area contributed by atoms with Crippen LogP contribution >= 0.6 is 0 Å². The minimum absolute atomic E-state index is 0.222. The van der Waals surface area contributed by atoms with E-state index in [0.29, 0.717) is 18.7 Å². The number of hydrogen-bond donors (Lipinski definition) is 2. The summed E-state index contributed by atoms with van der Waals surface area (Å²) in [6, 6.07) is 12.6. The molecule has 0 saturated carbocycles. The van der Waals surface area contributed by atoms with Gasteiger partial charge in [0.1, 0.15) is 5.82 Å². The number of aliphatic hydroxyl groups excluding tert-OH is 1. The van der Waals surface area contributed by atoms with Crippen LogP contribution in [0.3, 0.4) is 0 Å². The molecule has 0 fully saturated rings. The third kappa shape index (κ3) is 3.65. The van der Waals surface area contributed by atoms with Gasteiger partial charge in [0, 0.05) is 18.7 Å². The highest BCUT2D eigenvalue weighted by Crippen LogP contribution is 2.16. The molecule has 0 aromatic heterocycles. The quantitative estimate of drug-likeness (QED) is 0.876. The van der Waals surface area contributed by atoms with Crippen molar-refractivity contribution in [2.24, 2.45) is 0 Å². The van der Waals surface area contributed by atoms with Crippen molar-refractivity contribution in [2.45, 2.75) is 26.5 Å². The molecule has 0 bridgehead atoms. The molecule has 20 heavy (non-hydrogen) atoms. The number of nitrogens with one attached hydrogen (secondary N) is 1. The van der Waals surface area contributed by atoms with E-state index >= 15 is 0 Å². The highest BCUT2D eigenvalue weighted by Gasteiger charge is 2.08. The van der Waals surface area contributed by atoms with Gasteiger partial charge in [0.2, 0.25) is 0 Å². The van der Waals surface area contributed by atoms with E-state index in [9.17, 15) is 9.50 Å². The Morgan fingerprint density at radius 3 is 2.55 bits per heavy atom. The number of aryl methyl sites for hydroxylation is 2. The van der Waals surface area contributed by atoms with E-state index in [-0.39, 0.29) is 5.82 Å².